The number of amides is 3. The van der Waals surface area contributed by atoms with Gasteiger partial charge in [-0.2, -0.15) is 0 Å². The van der Waals surface area contributed by atoms with Gasteiger partial charge in [-0.05, 0) is 32.9 Å². The van der Waals surface area contributed by atoms with Crippen LogP contribution in [0.5, 0.6) is 5.75 Å². The summed E-state index contributed by atoms with van der Waals surface area (Å²) in [4.78, 5) is 23.1. The third kappa shape index (κ3) is 5.29. The van der Waals surface area contributed by atoms with Crippen molar-refractivity contribution in [2.45, 2.75) is 26.8 Å². The maximum absolute atomic E-state index is 13.2. The zero-order valence-electron chi connectivity index (χ0n) is 12.3. The highest BCUT2D eigenvalue weighted by molar-refractivity contribution is 5.98. The molecule has 0 saturated heterocycles. The van der Waals surface area contributed by atoms with Crippen LogP contribution in [0.25, 0.3) is 0 Å². The number of anilines is 1. The smallest absolute Gasteiger partial charge is 0.321 e. The van der Waals surface area contributed by atoms with Gasteiger partial charge in [0.05, 0.1) is 12.3 Å². The van der Waals surface area contributed by atoms with E-state index in [2.05, 4.69) is 16.0 Å². The number of carbonyl (C=O) groups is 2. The van der Waals surface area contributed by atoms with E-state index in [1.54, 1.807) is 20.8 Å². The van der Waals surface area contributed by atoms with E-state index >= 15 is 0 Å². The summed E-state index contributed by atoms with van der Waals surface area (Å²) in [6.45, 7) is 5.91. The van der Waals surface area contributed by atoms with Crippen molar-refractivity contribution in [1.29, 1.82) is 0 Å². The number of rotatable bonds is 6. The summed E-state index contributed by atoms with van der Waals surface area (Å²) in [5.41, 5.74) is 0.483. The van der Waals surface area contributed by atoms with E-state index in [-0.39, 0.29) is 0 Å². The summed E-state index contributed by atoms with van der Waals surface area (Å²) >= 11 is 0. The Hall–Kier alpha value is -2.31. The summed E-state index contributed by atoms with van der Waals surface area (Å²) in [5.74, 6) is -0.605. The lowest BCUT2D eigenvalue weighted by Gasteiger charge is -2.17. The van der Waals surface area contributed by atoms with Crippen molar-refractivity contribution in [3.63, 3.8) is 0 Å². The van der Waals surface area contributed by atoms with Crippen molar-refractivity contribution in [3.05, 3.63) is 24.0 Å². The highest BCUT2D eigenvalue weighted by Gasteiger charge is 2.17. The summed E-state index contributed by atoms with van der Waals surface area (Å²) < 4.78 is 18.5. The monoisotopic (exact) mass is 297 g/mol. The Kier molecular flexibility index (Phi) is 6.45. The fourth-order valence-electron chi connectivity index (χ4n) is 1.61. The molecule has 116 valence electrons. The highest BCUT2D eigenvalue weighted by Crippen LogP contribution is 2.26. The van der Waals surface area contributed by atoms with Crippen molar-refractivity contribution >= 4 is 17.6 Å². The Morgan fingerprint density at radius 2 is 2.05 bits per heavy atom. The molecule has 0 aliphatic heterocycles. The van der Waals surface area contributed by atoms with E-state index in [1.807, 2.05) is 0 Å². The molecule has 1 aromatic rings. The first kappa shape index (κ1) is 16.7. The second kappa shape index (κ2) is 8.08. The molecule has 3 amide bonds. The van der Waals surface area contributed by atoms with Crippen molar-refractivity contribution in [2.75, 3.05) is 18.5 Å². The number of benzene rings is 1. The molecule has 1 rings (SSSR count). The molecular formula is C14H20FN3O3. The van der Waals surface area contributed by atoms with Crippen LogP contribution in [-0.2, 0) is 4.79 Å². The molecule has 0 aromatic heterocycles. The first-order chi connectivity index (χ1) is 9.97. The predicted octanol–water partition coefficient (Wildman–Crippen LogP) is 1.87. The molecule has 7 heteroatoms. The fraction of sp³-hybridized carbons (Fsp3) is 0.429. The molecule has 0 fully saturated rings. The molecular weight excluding hydrogens is 277 g/mol. The first-order valence-corrected chi connectivity index (χ1v) is 6.75. The third-order valence-electron chi connectivity index (χ3n) is 2.58. The van der Waals surface area contributed by atoms with E-state index in [9.17, 15) is 14.0 Å². The standard InChI is InChI=1S/C14H20FN3O3/c1-4-16-14(20)18-13(19)9(3)17-11-7-6-10(15)8-12(11)21-5-2/h6-9,17H,4-5H2,1-3H3,(H2,16,18,19,20). The van der Waals surface area contributed by atoms with Gasteiger partial charge in [0.2, 0.25) is 5.91 Å². The molecule has 0 saturated carbocycles. The lowest BCUT2D eigenvalue weighted by molar-refractivity contribution is -0.120. The lowest BCUT2D eigenvalue weighted by atomic mass is 10.2. The van der Waals surface area contributed by atoms with Crippen LogP contribution in [-0.4, -0.2) is 31.1 Å². The minimum absolute atomic E-state index is 0.315. The number of nitrogens with one attached hydrogen (secondary N) is 3. The van der Waals surface area contributed by atoms with Gasteiger partial charge >= 0.3 is 6.03 Å². The van der Waals surface area contributed by atoms with Crippen LogP contribution in [0.1, 0.15) is 20.8 Å². The first-order valence-electron chi connectivity index (χ1n) is 6.75. The van der Waals surface area contributed by atoms with E-state index in [1.165, 1.54) is 18.2 Å². The molecule has 1 aromatic carbocycles. The maximum atomic E-state index is 13.2. The molecule has 0 aliphatic carbocycles. The van der Waals surface area contributed by atoms with Crippen molar-refractivity contribution in [1.82, 2.24) is 10.6 Å². The maximum Gasteiger partial charge on any atom is 0.321 e. The van der Waals surface area contributed by atoms with Crippen molar-refractivity contribution < 1.29 is 18.7 Å². The normalized spacial score (nSPS) is 11.4. The van der Waals surface area contributed by atoms with Gasteiger partial charge in [-0.3, -0.25) is 10.1 Å². The minimum atomic E-state index is -0.683. The third-order valence-corrected chi connectivity index (χ3v) is 2.58. The molecule has 6 nitrogen and oxygen atoms in total. The average molecular weight is 297 g/mol. The van der Waals surface area contributed by atoms with E-state index in [0.717, 1.165) is 0 Å². The van der Waals surface area contributed by atoms with Gasteiger partial charge in [-0.1, -0.05) is 0 Å². The average Bonchev–Trinajstić information content (AvgIpc) is 2.42. The van der Waals surface area contributed by atoms with Gasteiger partial charge in [0.25, 0.3) is 0 Å². The molecule has 0 heterocycles. The topological polar surface area (TPSA) is 79.5 Å². The van der Waals surface area contributed by atoms with Crippen molar-refractivity contribution in [3.8, 4) is 5.75 Å². The second-order valence-electron chi connectivity index (χ2n) is 4.29. The molecule has 0 radical (unpaired) electrons. The SMILES string of the molecule is CCNC(=O)NC(=O)C(C)Nc1ccc(F)cc1OCC. The van der Waals surface area contributed by atoms with Crippen LogP contribution >= 0.6 is 0 Å². The molecule has 3 N–H and O–H groups in total. The zero-order chi connectivity index (χ0) is 15.8. The Morgan fingerprint density at radius 1 is 1.33 bits per heavy atom. The number of hydrogen-bond acceptors (Lipinski definition) is 4. The number of imide groups is 1. The summed E-state index contributed by atoms with van der Waals surface area (Å²) in [5, 5.41) is 7.54. The number of halogens is 1. The highest BCUT2D eigenvalue weighted by atomic mass is 19.1. The van der Waals surface area contributed by atoms with Gasteiger partial charge in [0.15, 0.2) is 0 Å². The van der Waals surface area contributed by atoms with Crippen LogP contribution in [0.15, 0.2) is 18.2 Å². The largest absolute Gasteiger partial charge is 0.492 e. The van der Waals surface area contributed by atoms with Crippen LogP contribution in [0, 0.1) is 5.82 Å². The van der Waals surface area contributed by atoms with Gasteiger partial charge in [0, 0.05) is 12.6 Å². The molecule has 21 heavy (non-hydrogen) atoms. The minimum Gasteiger partial charge on any atom is -0.492 e. The number of carbonyl (C=O) groups excluding carboxylic acids is 2. The van der Waals surface area contributed by atoms with Gasteiger partial charge in [0.1, 0.15) is 17.6 Å². The van der Waals surface area contributed by atoms with Crippen molar-refractivity contribution in [2.24, 2.45) is 0 Å². The quantitative estimate of drug-likeness (QED) is 0.749. The van der Waals surface area contributed by atoms with Crippen LogP contribution in [0.2, 0.25) is 0 Å². The van der Waals surface area contributed by atoms with Crippen LogP contribution in [0.4, 0.5) is 14.9 Å². The van der Waals surface area contributed by atoms with Crippen LogP contribution < -0.4 is 20.7 Å². The molecule has 1 unspecified atom stereocenters. The Morgan fingerprint density at radius 3 is 2.67 bits per heavy atom. The second-order valence-corrected chi connectivity index (χ2v) is 4.29. The number of urea groups is 1. The Balaban J connectivity index is 2.71. The van der Waals surface area contributed by atoms with Gasteiger partial charge < -0.3 is 15.4 Å². The van der Waals surface area contributed by atoms with E-state index < -0.39 is 23.8 Å². The summed E-state index contributed by atoms with van der Waals surface area (Å²) in [6, 6.07) is 2.74. The van der Waals surface area contributed by atoms with Crippen LogP contribution in [0.3, 0.4) is 0 Å². The Labute approximate surface area is 123 Å². The van der Waals surface area contributed by atoms with Gasteiger partial charge in [-0.15, -0.1) is 0 Å². The van der Waals surface area contributed by atoms with E-state index in [4.69, 9.17) is 4.74 Å². The molecule has 0 spiro atoms. The predicted molar refractivity (Wildman–Crippen MR) is 77.9 cm³/mol. The number of hydrogen-bond donors (Lipinski definition) is 3. The molecule has 0 aliphatic rings. The Bertz CT molecular complexity index is 508. The zero-order valence-corrected chi connectivity index (χ0v) is 12.3. The van der Waals surface area contributed by atoms with Gasteiger partial charge in [-0.25, -0.2) is 9.18 Å². The summed E-state index contributed by atoms with van der Waals surface area (Å²) in [7, 11) is 0. The lowest BCUT2D eigenvalue weighted by Crippen LogP contribution is -2.45. The number of ether oxygens (including phenoxy) is 1. The van der Waals surface area contributed by atoms with E-state index in [0.29, 0.717) is 24.6 Å². The molecule has 1 atom stereocenters. The molecule has 0 bridgehead atoms. The fourth-order valence-corrected chi connectivity index (χ4v) is 1.61. The summed E-state index contributed by atoms with van der Waals surface area (Å²) in [6.07, 6.45) is 0.